The SMILES string of the molecule is CCC(=N)N1CC(C)CC(C)C1C. The van der Waals surface area contributed by atoms with Crippen LogP contribution in [0.5, 0.6) is 0 Å². The van der Waals surface area contributed by atoms with Crippen LogP contribution in [0.3, 0.4) is 0 Å². The number of likely N-dealkylation sites (tertiary alicyclic amines) is 1. The lowest BCUT2D eigenvalue weighted by Gasteiger charge is -2.42. The van der Waals surface area contributed by atoms with Crippen molar-refractivity contribution >= 4 is 5.84 Å². The van der Waals surface area contributed by atoms with E-state index in [9.17, 15) is 0 Å². The maximum absolute atomic E-state index is 7.87. The van der Waals surface area contributed by atoms with Crippen molar-refractivity contribution in [1.82, 2.24) is 4.90 Å². The van der Waals surface area contributed by atoms with Gasteiger partial charge in [0.25, 0.3) is 0 Å². The molecule has 1 fully saturated rings. The Bertz CT molecular complexity index is 189. The average Bonchev–Trinajstić information content (AvgIpc) is 2.10. The van der Waals surface area contributed by atoms with E-state index in [2.05, 4.69) is 32.6 Å². The lowest BCUT2D eigenvalue weighted by atomic mass is 9.86. The quantitative estimate of drug-likeness (QED) is 0.490. The Balaban J connectivity index is 2.66. The van der Waals surface area contributed by atoms with E-state index in [1.54, 1.807) is 0 Å². The summed E-state index contributed by atoms with van der Waals surface area (Å²) in [6.07, 6.45) is 2.18. The second-order valence-electron chi connectivity index (χ2n) is 4.51. The highest BCUT2D eigenvalue weighted by Gasteiger charge is 2.29. The molecule has 1 N–H and O–H groups in total. The Morgan fingerprint density at radius 1 is 1.38 bits per heavy atom. The van der Waals surface area contributed by atoms with Gasteiger partial charge in [0, 0.05) is 19.0 Å². The summed E-state index contributed by atoms with van der Waals surface area (Å²) < 4.78 is 0. The highest BCUT2D eigenvalue weighted by atomic mass is 15.2. The molecule has 0 radical (unpaired) electrons. The molecule has 0 aromatic carbocycles. The predicted molar refractivity (Wildman–Crippen MR) is 57.1 cm³/mol. The maximum atomic E-state index is 7.87. The molecular formula is C11H22N2. The standard InChI is InChI=1S/C11H22N2/c1-5-11(12)13-7-8(2)6-9(3)10(13)4/h8-10,12H,5-7H2,1-4H3. The zero-order chi connectivity index (χ0) is 10.0. The van der Waals surface area contributed by atoms with Crippen LogP contribution in [0.2, 0.25) is 0 Å². The van der Waals surface area contributed by atoms with Crippen molar-refractivity contribution in [3.63, 3.8) is 0 Å². The molecule has 0 aromatic rings. The van der Waals surface area contributed by atoms with Crippen LogP contribution >= 0.6 is 0 Å². The fourth-order valence-electron chi connectivity index (χ4n) is 2.27. The highest BCUT2D eigenvalue weighted by Crippen LogP contribution is 2.27. The molecule has 0 bridgehead atoms. The first kappa shape index (κ1) is 10.6. The lowest BCUT2D eigenvalue weighted by molar-refractivity contribution is 0.144. The van der Waals surface area contributed by atoms with Gasteiger partial charge in [-0.2, -0.15) is 0 Å². The van der Waals surface area contributed by atoms with Gasteiger partial charge in [-0.25, -0.2) is 0 Å². The number of nitrogens with one attached hydrogen (secondary N) is 1. The Kier molecular flexibility index (Phi) is 3.34. The number of amidine groups is 1. The van der Waals surface area contributed by atoms with Gasteiger partial charge in [0.1, 0.15) is 0 Å². The van der Waals surface area contributed by atoms with Crippen LogP contribution in [-0.2, 0) is 0 Å². The zero-order valence-electron chi connectivity index (χ0n) is 9.30. The molecule has 0 aliphatic carbocycles. The highest BCUT2D eigenvalue weighted by molar-refractivity contribution is 5.79. The maximum Gasteiger partial charge on any atom is 0.0957 e. The van der Waals surface area contributed by atoms with Crippen molar-refractivity contribution in [3.8, 4) is 0 Å². The summed E-state index contributed by atoms with van der Waals surface area (Å²) in [7, 11) is 0. The van der Waals surface area contributed by atoms with Crippen molar-refractivity contribution in [1.29, 1.82) is 5.41 Å². The van der Waals surface area contributed by atoms with Crippen LogP contribution in [-0.4, -0.2) is 23.3 Å². The van der Waals surface area contributed by atoms with Crippen LogP contribution < -0.4 is 0 Å². The molecule has 2 heteroatoms. The van der Waals surface area contributed by atoms with Crippen LogP contribution in [0, 0.1) is 17.2 Å². The minimum absolute atomic E-state index is 0.559. The number of piperidine rings is 1. The van der Waals surface area contributed by atoms with Crippen LogP contribution in [0.1, 0.15) is 40.5 Å². The molecule has 3 unspecified atom stereocenters. The van der Waals surface area contributed by atoms with E-state index in [0.29, 0.717) is 6.04 Å². The third-order valence-electron chi connectivity index (χ3n) is 3.28. The van der Waals surface area contributed by atoms with Crippen LogP contribution in [0.4, 0.5) is 0 Å². The zero-order valence-corrected chi connectivity index (χ0v) is 9.30. The van der Waals surface area contributed by atoms with Crippen molar-refractivity contribution in [3.05, 3.63) is 0 Å². The molecule has 13 heavy (non-hydrogen) atoms. The first-order chi connectivity index (χ1) is 6.06. The van der Waals surface area contributed by atoms with Gasteiger partial charge in [-0.15, -0.1) is 0 Å². The van der Waals surface area contributed by atoms with Gasteiger partial charge in [-0.05, 0) is 25.2 Å². The summed E-state index contributed by atoms with van der Waals surface area (Å²) >= 11 is 0. The van der Waals surface area contributed by atoms with Crippen LogP contribution in [0.15, 0.2) is 0 Å². The van der Waals surface area contributed by atoms with Crippen molar-refractivity contribution in [2.24, 2.45) is 11.8 Å². The molecule has 1 aliphatic rings. The van der Waals surface area contributed by atoms with E-state index in [-0.39, 0.29) is 0 Å². The molecule has 1 saturated heterocycles. The van der Waals surface area contributed by atoms with Gasteiger partial charge in [0.05, 0.1) is 5.84 Å². The molecule has 1 aliphatic heterocycles. The van der Waals surface area contributed by atoms with E-state index >= 15 is 0 Å². The first-order valence-corrected chi connectivity index (χ1v) is 5.40. The molecule has 76 valence electrons. The third kappa shape index (κ3) is 2.23. The van der Waals surface area contributed by atoms with Gasteiger partial charge in [0.2, 0.25) is 0 Å². The number of hydrogen-bond donors (Lipinski definition) is 1. The van der Waals surface area contributed by atoms with Crippen molar-refractivity contribution in [2.75, 3.05) is 6.54 Å². The molecular weight excluding hydrogens is 160 g/mol. The Labute approximate surface area is 81.8 Å². The summed E-state index contributed by atoms with van der Waals surface area (Å²) in [5, 5.41) is 7.87. The minimum Gasteiger partial charge on any atom is -0.357 e. The van der Waals surface area contributed by atoms with E-state index in [1.165, 1.54) is 6.42 Å². The van der Waals surface area contributed by atoms with Gasteiger partial charge >= 0.3 is 0 Å². The molecule has 0 aromatic heterocycles. The molecule has 1 rings (SSSR count). The minimum atomic E-state index is 0.559. The van der Waals surface area contributed by atoms with Gasteiger partial charge in [0.15, 0.2) is 0 Å². The Morgan fingerprint density at radius 3 is 2.54 bits per heavy atom. The summed E-state index contributed by atoms with van der Waals surface area (Å²) in [5.74, 6) is 2.29. The summed E-state index contributed by atoms with van der Waals surface area (Å²) in [4.78, 5) is 2.28. The number of nitrogens with zero attached hydrogens (tertiary/aromatic N) is 1. The van der Waals surface area contributed by atoms with Gasteiger partial charge in [-0.1, -0.05) is 20.8 Å². The summed E-state index contributed by atoms with van der Waals surface area (Å²) in [5.41, 5.74) is 0. The fraction of sp³-hybridized carbons (Fsp3) is 0.909. The number of rotatable bonds is 1. The monoisotopic (exact) mass is 182 g/mol. The van der Waals surface area contributed by atoms with E-state index in [4.69, 9.17) is 5.41 Å². The Morgan fingerprint density at radius 2 is 2.00 bits per heavy atom. The molecule has 1 heterocycles. The molecule has 2 nitrogen and oxygen atoms in total. The molecule has 3 atom stereocenters. The number of hydrogen-bond acceptors (Lipinski definition) is 1. The van der Waals surface area contributed by atoms with E-state index in [0.717, 1.165) is 30.6 Å². The van der Waals surface area contributed by atoms with E-state index in [1.807, 2.05) is 0 Å². The molecule has 0 spiro atoms. The topological polar surface area (TPSA) is 27.1 Å². The smallest absolute Gasteiger partial charge is 0.0957 e. The molecule has 0 saturated carbocycles. The summed E-state index contributed by atoms with van der Waals surface area (Å²) in [6.45, 7) is 9.99. The van der Waals surface area contributed by atoms with Gasteiger partial charge in [-0.3, -0.25) is 5.41 Å². The lowest BCUT2D eigenvalue weighted by Crippen LogP contribution is -2.48. The largest absolute Gasteiger partial charge is 0.357 e. The van der Waals surface area contributed by atoms with Crippen molar-refractivity contribution < 1.29 is 0 Å². The second kappa shape index (κ2) is 4.12. The second-order valence-corrected chi connectivity index (χ2v) is 4.51. The fourth-order valence-corrected chi connectivity index (χ4v) is 2.27. The average molecular weight is 182 g/mol. The Hall–Kier alpha value is -0.530. The van der Waals surface area contributed by atoms with Crippen LogP contribution in [0.25, 0.3) is 0 Å². The van der Waals surface area contributed by atoms with E-state index < -0.39 is 0 Å². The predicted octanol–water partition coefficient (Wildman–Crippen LogP) is 2.74. The van der Waals surface area contributed by atoms with Gasteiger partial charge < -0.3 is 4.90 Å². The third-order valence-corrected chi connectivity index (χ3v) is 3.28. The van der Waals surface area contributed by atoms with Crippen molar-refractivity contribution in [2.45, 2.75) is 46.6 Å². The molecule has 0 amide bonds. The summed E-state index contributed by atoms with van der Waals surface area (Å²) in [6, 6.07) is 0.559. The first-order valence-electron chi connectivity index (χ1n) is 5.40. The normalized spacial score (nSPS) is 34.8.